The average Bonchev–Trinajstić information content (AvgIpc) is 3.02. The van der Waals surface area contributed by atoms with E-state index in [0.29, 0.717) is 19.5 Å². The van der Waals surface area contributed by atoms with Crippen LogP contribution in [0.1, 0.15) is 23.1 Å². The Morgan fingerprint density at radius 1 is 1.12 bits per heavy atom. The van der Waals surface area contributed by atoms with Gasteiger partial charge in [-0.05, 0) is 35.6 Å². The first-order valence-electron chi connectivity index (χ1n) is 8.24. The molecule has 0 radical (unpaired) electrons. The van der Waals surface area contributed by atoms with Crippen molar-refractivity contribution in [3.8, 4) is 0 Å². The highest BCUT2D eigenvalue weighted by atomic mass is 16.2. The van der Waals surface area contributed by atoms with E-state index in [1.165, 1.54) is 10.9 Å². The molecule has 0 saturated heterocycles. The van der Waals surface area contributed by atoms with Crippen LogP contribution in [0.5, 0.6) is 0 Å². The number of aryl methyl sites for hydroxylation is 1. The maximum absolute atomic E-state index is 12.5. The third-order valence-electron chi connectivity index (χ3n) is 4.75. The number of carbonyl (C=O) groups is 1. The van der Waals surface area contributed by atoms with E-state index < -0.39 is 0 Å². The zero-order chi connectivity index (χ0) is 16.5. The summed E-state index contributed by atoms with van der Waals surface area (Å²) in [5.41, 5.74) is 4.31. The molecule has 0 saturated carbocycles. The van der Waals surface area contributed by atoms with Crippen LogP contribution in [0, 0.1) is 0 Å². The monoisotopic (exact) mass is 321 g/mol. The van der Waals surface area contributed by atoms with E-state index in [1.54, 1.807) is 12.3 Å². The topological polar surface area (TPSA) is 69.0 Å². The fraction of sp³-hybridized carbons (Fsp3) is 0.263. The predicted octanol–water partition coefficient (Wildman–Crippen LogP) is 2.37. The second-order valence-corrected chi connectivity index (χ2v) is 6.27. The number of hydrogen-bond donors (Lipinski definition) is 2. The molecule has 122 valence electrons. The molecular formula is C19H19N3O2. The molecule has 1 aliphatic heterocycles. The lowest BCUT2D eigenvalue weighted by molar-refractivity contribution is -0.132. The van der Waals surface area contributed by atoms with Gasteiger partial charge in [0.05, 0.1) is 0 Å². The minimum Gasteiger partial charge on any atom is -0.361 e. The van der Waals surface area contributed by atoms with Gasteiger partial charge in [0.15, 0.2) is 0 Å². The van der Waals surface area contributed by atoms with E-state index in [9.17, 15) is 9.59 Å². The standard InChI is InChI=1S/C19H19N3O2/c23-18-9-13-7-8-22(12-15(13)11-21-18)19(24)6-5-14-10-20-17-4-2-1-3-16(14)17/h1-4,9-11,20H,5-8,12H2,(H,21,23). The summed E-state index contributed by atoms with van der Waals surface area (Å²) in [5, 5.41) is 1.19. The fourth-order valence-electron chi connectivity index (χ4n) is 3.41. The van der Waals surface area contributed by atoms with E-state index in [4.69, 9.17) is 0 Å². The maximum Gasteiger partial charge on any atom is 0.248 e. The first kappa shape index (κ1) is 14.8. The summed E-state index contributed by atoms with van der Waals surface area (Å²) in [6.45, 7) is 1.27. The van der Waals surface area contributed by atoms with Crippen LogP contribution in [0.4, 0.5) is 0 Å². The van der Waals surface area contributed by atoms with Crippen LogP contribution in [0.2, 0.25) is 0 Å². The van der Waals surface area contributed by atoms with Crippen molar-refractivity contribution in [3.63, 3.8) is 0 Å². The number of hydrogen-bond acceptors (Lipinski definition) is 2. The van der Waals surface area contributed by atoms with E-state index in [-0.39, 0.29) is 11.5 Å². The van der Waals surface area contributed by atoms with Gasteiger partial charge >= 0.3 is 0 Å². The van der Waals surface area contributed by atoms with Crippen LogP contribution in [0.25, 0.3) is 10.9 Å². The molecule has 0 unspecified atom stereocenters. The van der Waals surface area contributed by atoms with Crippen molar-refractivity contribution in [1.82, 2.24) is 14.9 Å². The van der Waals surface area contributed by atoms with Crippen molar-refractivity contribution in [2.24, 2.45) is 0 Å². The molecule has 0 spiro atoms. The molecule has 2 aromatic heterocycles. The van der Waals surface area contributed by atoms with Gasteiger partial charge in [0.25, 0.3) is 0 Å². The molecule has 0 bridgehead atoms. The van der Waals surface area contributed by atoms with Crippen LogP contribution < -0.4 is 5.56 Å². The van der Waals surface area contributed by atoms with Crippen LogP contribution in [0.3, 0.4) is 0 Å². The molecule has 3 heterocycles. The maximum atomic E-state index is 12.5. The molecule has 5 nitrogen and oxygen atoms in total. The van der Waals surface area contributed by atoms with Crippen molar-refractivity contribution >= 4 is 16.8 Å². The highest BCUT2D eigenvalue weighted by molar-refractivity contribution is 5.84. The zero-order valence-electron chi connectivity index (χ0n) is 13.3. The van der Waals surface area contributed by atoms with E-state index >= 15 is 0 Å². The minimum atomic E-state index is -0.0761. The van der Waals surface area contributed by atoms with E-state index in [2.05, 4.69) is 16.0 Å². The molecule has 1 aliphatic rings. The number of aromatic nitrogens is 2. The number of H-pyrrole nitrogens is 2. The molecule has 0 atom stereocenters. The van der Waals surface area contributed by atoms with Crippen molar-refractivity contribution < 1.29 is 4.79 Å². The molecule has 1 aromatic carbocycles. The number of nitrogens with zero attached hydrogens (tertiary/aromatic N) is 1. The lowest BCUT2D eigenvalue weighted by Crippen LogP contribution is -2.36. The van der Waals surface area contributed by atoms with Gasteiger partial charge in [-0.1, -0.05) is 18.2 Å². The number of para-hydroxylation sites is 1. The van der Waals surface area contributed by atoms with Crippen LogP contribution in [0.15, 0.2) is 47.5 Å². The quantitative estimate of drug-likeness (QED) is 0.777. The Bertz CT molecular complexity index is 954. The lowest BCUT2D eigenvalue weighted by atomic mass is 10.0. The molecule has 3 aromatic rings. The van der Waals surface area contributed by atoms with Gasteiger partial charge in [0.1, 0.15) is 0 Å². The first-order valence-corrected chi connectivity index (χ1v) is 8.24. The number of rotatable bonds is 3. The number of carbonyl (C=O) groups excluding carboxylic acids is 1. The summed E-state index contributed by atoms with van der Waals surface area (Å²) in [5.74, 6) is 0.164. The third-order valence-corrected chi connectivity index (χ3v) is 4.75. The Hall–Kier alpha value is -2.82. The van der Waals surface area contributed by atoms with Crippen molar-refractivity contribution in [2.75, 3.05) is 6.54 Å². The third kappa shape index (κ3) is 2.73. The van der Waals surface area contributed by atoms with Gasteiger partial charge < -0.3 is 14.9 Å². The lowest BCUT2D eigenvalue weighted by Gasteiger charge is -2.28. The zero-order valence-corrected chi connectivity index (χ0v) is 13.3. The second-order valence-electron chi connectivity index (χ2n) is 6.27. The number of nitrogens with one attached hydrogen (secondary N) is 2. The molecule has 2 N–H and O–H groups in total. The summed E-state index contributed by atoms with van der Waals surface area (Å²) >= 11 is 0. The molecule has 5 heteroatoms. The number of benzene rings is 1. The highest BCUT2D eigenvalue weighted by Crippen LogP contribution is 2.21. The Labute approximate surface area is 139 Å². The highest BCUT2D eigenvalue weighted by Gasteiger charge is 2.21. The van der Waals surface area contributed by atoms with Gasteiger partial charge in [-0.3, -0.25) is 9.59 Å². The van der Waals surface area contributed by atoms with Gasteiger partial charge in [-0.25, -0.2) is 0 Å². The van der Waals surface area contributed by atoms with Crippen LogP contribution in [-0.4, -0.2) is 27.3 Å². The Kier molecular flexibility index (Phi) is 3.69. The normalized spacial score (nSPS) is 13.9. The smallest absolute Gasteiger partial charge is 0.248 e. The van der Waals surface area contributed by atoms with E-state index in [0.717, 1.165) is 29.5 Å². The van der Waals surface area contributed by atoms with Gasteiger partial charge in [0.2, 0.25) is 11.5 Å². The number of pyridine rings is 1. The molecule has 0 fully saturated rings. The number of fused-ring (bicyclic) bond motifs is 2. The van der Waals surface area contributed by atoms with Gasteiger partial charge in [-0.15, -0.1) is 0 Å². The molecule has 24 heavy (non-hydrogen) atoms. The Morgan fingerprint density at radius 2 is 2.00 bits per heavy atom. The SMILES string of the molecule is O=C(CCc1c[nH]c2ccccc12)N1CCc2cc(=O)[nH]cc2C1. The number of amides is 1. The summed E-state index contributed by atoms with van der Waals surface area (Å²) in [6.07, 6.45) is 5.71. The molecule has 4 rings (SSSR count). The second kappa shape index (κ2) is 6.00. The van der Waals surface area contributed by atoms with Crippen molar-refractivity contribution in [1.29, 1.82) is 0 Å². The predicted molar refractivity (Wildman–Crippen MR) is 92.8 cm³/mol. The summed E-state index contributed by atoms with van der Waals surface area (Å²) in [4.78, 5) is 31.7. The Balaban J connectivity index is 1.43. The molecule has 1 amide bonds. The van der Waals surface area contributed by atoms with Crippen LogP contribution in [-0.2, 0) is 24.2 Å². The summed E-state index contributed by atoms with van der Waals surface area (Å²) < 4.78 is 0. The van der Waals surface area contributed by atoms with Gasteiger partial charge in [0, 0.05) is 48.9 Å². The van der Waals surface area contributed by atoms with Crippen LogP contribution >= 0.6 is 0 Å². The molecular weight excluding hydrogens is 302 g/mol. The fourth-order valence-corrected chi connectivity index (χ4v) is 3.41. The van der Waals surface area contributed by atoms with Gasteiger partial charge in [-0.2, -0.15) is 0 Å². The number of aromatic amines is 2. The average molecular weight is 321 g/mol. The van der Waals surface area contributed by atoms with Crippen molar-refractivity contribution in [3.05, 3.63) is 69.8 Å². The summed E-state index contributed by atoms with van der Waals surface area (Å²) in [7, 11) is 0. The largest absolute Gasteiger partial charge is 0.361 e. The minimum absolute atomic E-state index is 0.0761. The first-order chi connectivity index (χ1) is 11.7. The van der Waals surface area contributed by atoms with E-state index in [1.807, 2.05) is 29.3 Å². The van der Waals surface area contributed by atoms with Crippen molar-refractivity contribution in [2.45, 2.75) is 25.8 Å². The Morgan fingerprint density at radius 3 is 2.92 bits per heavy atom. The summed E-state index contributed by atoms with van der Waals surface area (Å²) in [6, 6.07) is 9.79. The molecule has 0 aliphatic carbocycles.